The number of Topliss-reactive ketones (excluding diaryl/α,β-unsaturated/α-hetero) is 1. The summed E-state index contributed by atoms with van der Waals surface area (Å²) in [5, 5.41) is 16.1. The molecule has 0 saturated heterocycles. The highest BCUT2D eigenvalue weighted by molar-refractivity contribution is 5.90. The third kappa shape index (κ3) is 2.43. The van der Waals surface area contributed by atoms with Gasteiger partial charge in [-0.15, -0.1) is 0 Å². The van der Waals surface area contributed by atoms with E-state index in [-0.39, 0.29) is 0 Å². The zero-order chi connectivity index (χ0) is 9.28. The van der Waals surface area contributed by atoms with Crippen molar-refractivity contribution in [3.8, 4) is 0 Å². The van der Waals surface area contributed by atoms with Crippen molar-refractivity contribution in [2.75, 3.05) is 6.67 Å². The summed E-state index contributed by atoms with van der Waals surface area (Å²) in [4.78, 5) is 9.85. The monoisotopic (exact) mass is 176 g/mol. The molecule has 0 aliphatic heterocycles. The Morgan fingerprint density at radius 3 is 1.73 bits per heavy atom. The van der Waals surface area contributed by atoms with E-state index >= 15 is 0 Å². The molecular weight excluding hydrogens is 172 g/mol. The standard InChI is InChI=1S/C4H4F4O3/c5-1-3(10,11)2(9)4(6,7)8/h10-11H,1H2. The van der Waals surface area contributed by atoms with E-state index in [1.165, 1.54) is 0 Å². The molecule has 66 valence electrons. The minimum absolute atomic E-state index is 2.19. The molecule has 0 aliphatic carbocycles. The van der Waals surface area contributed by atoms with Crippen molar-refractivity contribution in [1.82, 2.24) is 0 Å². The quantitative estimate of drug-likeness (QED) is 0.451. The lowest BCUT2D eigenvalue weighted by molar-refractivity contribution is -0.228. The molecule has 0 fully saturated rings. The summed E-state index contributed by atoms with van der Waals surface area (Å²) >= 11 is 0. The van der Waals surface area contributed by atoms with Gasteiger partial charge in [0.05, 0.1) is 0 Å². The number of hydrogen-bond donors (Lipinski definition) is 2. The molecule has 0 unspecified atom stereocenters. The first-order valence-corrected chi connectivity index (χ1v) is 2.34. The fraction of sp³-hybridized carbons (Fsp3) is 0.750. The van der Waals surface area contributed by atoms with Gasteiger partial charge in [-0.25, -0.2) is 4.39 Å². The largest absolute Gasteiger partial charge is 0.455 e. The minimum atomic E-state index is -5.43. The van der Waals surface area contributed by atoms with Crippen LogP contribution in [-0.2, 0) is 4.79 Å². The van der Waals surface area contributed by atoms with E-state index in [1.54, 1.807) is 0 Å². The molecule has 0 saturated carbocycles. The van der Waals surface area contributed by atoms with Crippen LogP contribution in [0.3, 0.4) is 0 Å². The van der Waals surface area contributed by atoms with E-state index in [1.807, 2.05) is 0 Å². The fourth-order valence-corrected chi connectivity index (χ4v) is 0.288. The molecule has 0 radical (unpaired) electrons. The van der Waals surface area contributed by atoms with Crippen LogP contribution in [0.1, 0.15) is 0 Å². The smallest absolute Gasteiger partial charge is 0.357 e. The fourth-order valence-electron chi connectivity index (χ4n) is 0.288. The molecule has 3 nitrogen and oxygen atoms in total. The number of aliphatic hydroxyl groups is 2. The Labute approximate surface area is 58.2 Å². The molecule has 0 aromatic rings. The molecule has 0 aromatic carbocycles. The summed E-state index contributed by atoms with van der Waals surface area (Å²) < 4.78 is 45.2. The Kier molecular flexibility index (Phi) is 2.57. The number of halogens is 4. The van der Waals surface area contributed by atoms with Crippen molar-refractivity contribution in [1.29, 1.82) is 0 Å². The van der Waals surface area contributed by atoms with Crippen LogP contribution in [0.5, 0.6) is 0 Å². The number of carbonyl (C=O) groups excluding carboxylic acids is 1. The number of alkyl halides is 4. The van der Waals surface area contributed by atoms with Crippen LogP contribution in [0.4, 0.5) is 17.6 Å². The summed E-state index contributed by atoms with van der Waals surface area (Å²) in [5.41, 5.74) is 0. The van der Waals surface area contributed by atoms with Gasteiger partial charge in [0.15, 0.2) is 6.67 Å². The van der Waals surface area contributed by atoms with E-state index in [0.717, 1.165) is 0 Å². The normalized spacial score (nSPS) is 13.3. The average Bonchev–Trinajstić information content (AvgIpc) is 1.84. The maximum Gasteiger partial charge on any atom is 0.455 e. The lowest BCUT2D eigenvalue weighted by Gasteiger charge is -2.16. The van der Waals surface area contributed by atoms with E-state index < -0.39 is 24.4 Å². The molecule has 0 amide bonds. The predicted molar refractivity (Wildman–Crippen MR) is 24.2 cm³/mol. The Morgan fingerprint density at radius 2 is 1.64 bits per heavy atom. The van der Waals surface area contributed by atoms with Crippen molar-refractivity contribution in [2.24, 2.45) is 0 Å². The van der Waals surface area contributed by atoms with Gasteiger partial charge in [-0.3, -0.25) is 4.79 Å². The second-order valence-corrected chi connectivity index (χ2v) is 1.78. The van der Waals surface area contributed by atoms with Gasteiger partial charge in [-0.2, -0.15) is 13.2 Å². The van der Waals surface area contributed by atoms with Crippen LogP contribution in [0.15, 0.2) is 0 Å². The van der Waals surface area contributed by atoms with Gasteiger partial charge < -0.3 is 10.2 Å². The van der Waals surface area contributed by atoms with Crippen molar-refractivity contribution in [3.05, 3.63) is 0 Å². The average molecular weight is 176 g/mol. The molecule has 7 heteroatoms. The molecule has 11 heavy (non-hydrogen) atoms. The van der Waals surface area contributed by atoms with Crippen LogP contribution in [0.25, 0.3) is 0 Å². The topological polar surface area (TPSA) is 57.5 Å². The van der Waals surface area contributed by atoms with Crippen molar-refractivity contribution in [3.63, 3.8) is 0 Å². The Morgan fingerprint density at radius 1 is 1.27 bits per heavy atom. The van der Waals surface area contributed by atoms with Crippen LogP contribution in [0.2, 0.25) is 0 Å². The summed E-state index contributed by atoms with van der Waals surface area (Å²) in [5.74, 6) is -6.86. The third-order valence-electron chi connectivity index (χ3n) is 0.807. The van der Waals surface area contributed by atoms with Crippen LogP contribution in [-0.4, -0.2) is 34.6 Å². The highest BCUT2D eigenvalue weighted by Crippen LogP contribution is 2.22. The summed E-state index contributed by atoms with van der Waals surface area (Å²) in [6.07, 6.45) is -5.43. The van der Waals surface area contributed by atoms with E-state index in [4.69, 9.17) is 10.2 Å². The molecule has 0 aromatic heterocycles. The van der Waals surface area contributed by atoms with Crippen molar-refractivity contribution >= 4 is 5.78 Å². The Hall–Kier alpha value is -0.690. The Bertz CT molecular complexity index is 161. The lowest BCUT2D eigenvalue weighted by atomic mass is 10.2. The highest BCUT2D eigenvalue weighted by Gasteiger charge is 2.51. The van der Waals surface area contributed by atoms with Gasteiger partial charge >= 0.3 is 6.18 Å². The van der Waals surface area contributed by atoms with Crippen molar-refractivity contribution in [2.45, 2.75) is 12.0 Å². The van der Waals surface area contributed by atoms with Crippen LogP contribution in [0, 0.1) is 0 Å². The van der Waals surface area contributed by atoms with Gasteiger partial charge in [-0.1, -0.05) is 0 Å². The Balaban J connectivity index is 4.50. The maximum atomic E-state index is 11.3. The molecular formula is C4H4F4O3. The lowest BCUT2D eigenvalue weighted by Crippen LogP contribution is -2.48. The second kappa shape index (κ2) is 2.74. The molecule has 0 spiro atoms. The van der Waals surface area contributed by atoms with Gasteiger partial charge in [-0.05, 0) is 0 Å². The number of rotatable bonds is 2. The maximum absolute atomic E-state index is 11.3. The SMILES string of the molecule is O=C(C(F)(F)F)C(O)(O)CF. The zero-order valence-electron chi connectivity index (χ0n) is 5.02. The zero-order valence-corrected chi connectivity index (χ0v) is 5.02. The highest BCUT2D eigenvalue weighted by atomic mass is 19.4. The number of ketones is 1. The van der Waals surface area contributed by atoms with Gasteiger partial charge in [0, 0.05) is 0 Å². The van der Waals surface area contributed by atoms with Gasteiger partial charge in [0.25, 0.3) is 11.6 Å². The molecule has 0 aliphatic rings. The minimum Gasteiger partial charge on any atom is -0.357 e. The van der Waals surface area contributed by atoms with Crippen LogP contribution < -0.4 is 0 Å². The molecule has 0 rings (SSSR count). The molecule has 0 bridgehead atoms. The van der Waals surface area contributed by atoms with E-state index in [9.17, 15) is 22.4 Å². The second-order valence-electron chi connectivity index (χ2n) is 1.78. The van der Waals surface area contributed by atoms with Crippen molar-refractivity contribution < 1.29 is 32.6 Å². The summed E-state index contributed by atoms with van der Waals surface area (Å²) in [6, 6.07) is 0. The van der Waals surface area contributed by atoms with E-state index in [0.29, 0.717) is 0 Å². The number of carbonyl (C=O) groups is 1. The third-order valence-corrected chi connectivity index (χ3v) is 0.807. The number of hydrogen-bond acceptors (Lipinski definition) is 3. The first-order chi connectivity index (χ1) is 4.72. The molecule has 2 N–H and O–H groups in total. The summed E-state index contributed by atoms with van der Waals surface area (Å²) in [7, 11) is 0. The summed E-state index contributed by atoms with van der Waals surface area (Å²) in [6.45, 7) is -2.19. The first-order valence-electron chi connectivity index (χ1n) is 2.34. The van der Waals surface area contributed by atoms with Gasteiger partial charge in [0.2, 0.25) is 0 Å². The van der Waals surface area contributed by atoms with Crippen LogP contribution >= 0.6 is 0 Å². The van der Waals surface area contributed by atoms with E-state index in [2.05, 4.69) is 0 Å². The van der Waals surface area contributed by atoms with Gasteiger partial charge in [0.1, 0.15) is 0 Å². The predicted octanol–water partition coefficient (Wildman–Crippen LogP) is -0.232. The first kappa shape index (κ1) is 10.3. The molecule has 0 atom stereocenters. The molecule has 0 heterocycles.